The molecular formula is C15H13NO8S. The highest BCUT2D eigenvalue weighted by molar-refractivity contribution is 7.92. The van der Waals surface area contributed by atoms with Crippen molar-refractivity contribution in [2.45, 2.75) is 4.90 Å². The molecule has 25 heavy (non-hydrogen) atoms. The van der Waals surface area contributed by atoms with E-state index in [4.69, 9.17) is 14.9 Å². The van der Waals surface area contributed by atoms with Gasteiger partial charge in [-0.3, -0.25) is 4.72 Å². The van der Waals surface area contributed by atoms with Crippen LogP contribution in [0, 0.1) is 0 Å². The fourth-order valence-electron chi connectivity index (χ4n) is 2.01. The molecule has 0 bridgehead atoms. The molecule has 2 rings (SSSR count). The van der Waals surface area contributed by atoms with Crippen molar-refractivity contribution in [3.63, 3.8) is 0 Å². The highest BCUT2D eigenvalue weighted by atomic mass is 32.2. The van der Waals surface area contributed by atoms with Gasteiger partial charge in [0.1, 0.15) is 22.6 Å². The van der Waals surface area contributed by atoms with Gasteiger partial charge >= 0.3 is 11.9 Å². The number of ether oxygens (including phenoxy) is 1. The third kappa shape index (κ3) is 3.80. The molecule has 2 aromatic carbocycles. The van der Waals surface area contributed by atoms with Gasteiger partial charge < -0.3 is 20.1 Å². The first-order valence-electron chi connectivity index (χ1n) is 6.66. The predicted molar refractivity (Wildman–Crippen MR) is 85.8 cm³/mol. The monoisotopic (exact) mass is 367 g/mol. The van der Waals surface area contributed by atoms with Gasteiger partial charge in [0.2, 0.25) is 0 Å². The number of hydrogen-bond acceptors (Lipinski definition) is 6. The maximum atomic E-state index is 12.4. The van der Waals surface area contributed by atoms with Crippen LogP contribution in [0.15, 0.2) is 41.3 Å². The van der Waals surface area contributed by atoms with Crippen LogP contribution in [0.5, 0.6) is 11.5 Å². The van der Waals surface area contributed by atoms with Gasteiger partial charge in [0, 0.05) is 6.07 Å². The molecule has 10 heteroatoms. The topological polar surface area (TPSA) is 150 Å². The summed E-state index contributed by atoms with van der Waals surface area (Å²) in [6, 6.07) is 6.40. The summed E-state index contributed by atoms with van der Waals surface area (Å²) in [7, 11) is -2.92. The number of nitrogens with one attached hydrogen (secondary N) is 1. The van der Waals surface area contributed by atoms with Crippen molar-refractivity contribution in [1.82, 2.24) is 0 Å². The average molecular weight is 367 g/mol. The number of rotatable bonds is 6. The van der Waals surface area contributed by atoms with Gasteiger partial charge in [0.05, 0.1) is 17.7 Å². The van der Waals surface area contributed by atoms with Gasteiger partial charge in [-0.15, -0.1) is 0 Å². The minimum absolute atomic E-state index is 0.00472. The molecule has 0 unspecified atom stereocenters. The molecule has 9 nitrogen and oxygen atoms in total. The Bertz CT molecular complexity index is 952. The summed E-state index contributed by atoms with van der Waals surface area (Å²) in [6.45, 7) is 0. The van der Waals surface area contributed by atoms with E-state index in [1.807, 2.05) is 0 Å². The summed E-state index contributed by atoms with van der Waals surface area (Å²) in [5, 5.41) is 27.5. The summed E-state index contributed by atoms with van der Waals surface area (Å²) < 4.78 is 31.7. The number of aromatic hydroxyl groups is 1. The number of carbonyl (C=O) groups is 2. The lowest BCUT2D eigenvalue weighted by atomic mass is 10.2. The molecule has 0 amide bonds. The van der Waals surface area contributed by atoms with E-state index >= 15 is 0 Å². The quantitative estimate of drug-likeness (QED) is 0.601. The zero-order valence-electron chi connectivity index (χ0n) is 12.8. The summed E-state index contributed by atoms with van der Waals surface area (Å²) in [5.74, 6) is -3.35. The molecule has 0 aliphatic rings. The standard InChI is InChI=1S/C15H13NO8S/c1-24-13-5-3-9(7-11(13)15(20)21)25(22,23)16-8-2-4-10(14(18)19)12(17)6-8/h2-7,16-17H,1H3,(H,18,19)(H,20,21). The van der Waals surface area contributed by atoms with Crippen LogP contribution >= 0.6 is 0 Å². The molecule has 132 valence electrons. The highest BCUT2D eigenvalue weighted by Crippen LogP contribution is 2.26. The van der Waals surface area contributed by atoms with Gasteiger partial charge in [-0.2, -0.15) is 0 Å². The van der Waals surface area contributed by atoms with Crippen LogP contribution in [-0.2, 0) is 10.0 Å². The fourth-order valence-corrected chi connectivity index (χ4v) is 3.09. The summed E-state index contributed by atoms with van der Waals surface area (Å²) in [6.07, 6.45) is 0. The maximum absolute atomic E-state index is 12.4. The van der Waals surface area contributed by atoms with E-state index < -0.39 is 27.7 Å². The zero-order chi connectivity index (χ0) is 18.8. The van der Waals surface area contributed by atoms with Gasteiger partial charge in [0.15, 0.2) is 0 Å². The minimum Gasteiger partial charge on any atom is -0.507 e. The smallest absolute Gasteiger partial charge is 0.339 e. The lowest BCUT2D eigenvalue weighted by Gasteiger charge is -2.11. The SMILES string of the molecule is COc1ccc(S(=O)(=O)Nc2ccc(C(=O)O)c(O)c2)cc1C(=O)O. The Labute approximate surface area is 142 Å². The Morgan fingerprint density at radius 1 is 1.00 bits per heavy atom. The Balaban J connectivity index is 2.40. The molecular weight excluding hydrogens is 354 g/mol. The molecule has 0 heterocycles. The molecule has 0 atom stereocenters. The fraction of sp³-hybridized carbons (Fsp3) is 0.0667. The third-order valence-electron chi connectivity index (χ3n) is 3.19. The van der Waals surface area contributed by atoms with Crippen molar-refractivity contribution in [2.75, 3.05) is 11.8 Å². The number of carboxylic acids is 2. The number of hydrogen-bond donors (Lipinski definition) is 4. The minimum atomic E-state index is -4.17. The van der Waals surface area contributed by atoms with Crippen molar-refractivity contribution in [2.24, 2.45) is 0 Å². The van der Waals surface area contributed by atoms with Crippen molar-refractivity contribution < 1.29 is 38.1 Å². The molecule has 0 radical (unpaired) electrons. The number of carboxylic acid groups (broad SMARTS) is 2. The van der Waals surface area contributed by atoms with E-state index in [2.05, 4.69) is 4.72 Å². The van der Waals surface area contributed by atoms with Crippen LogP contribution in [0.2, 0.25) is 0 Å². The summed E-state index contributed by atoms with van der Waals surface area (Å²) >= 11 is 0. The van der Waals surface area contributed by atoms with Gasteiger partial charge in [-0.25, -0.2) is 18.0 Å². The Hall–Kier alpha value is -3.27. The summed E-state index contributed by atoms with van der Waals surface area (Å²) in [5.41, 5.74) is -0.815. The van der Waals surface area contributed by atoms with E-state index in [0.29, 0.717) is 0 Å². The van der Waals surface area contributed by atoms with Crippen molar-refractivity contribution in [3.05, 3.63) is 47.5 Å². The van der Waals surface area contributed by atoms with Crippen LogP contribution in [0.4, 0.5) is 5.69 Å². The van der Waals surface area contributed by atoms with E-state index in [9.17, 15) is 23.1 Å². The van der Waals surface area contributed by atoms with Crippen LogP contribution < -0.4 is 9.46 Å². The lowest BCUT2D eigenvalue weighted by Crippen LogP contribution is -2.14. The zero-order valence-corrected chi connectivity index (χ0v) is 13.6. The lowest BCUT2D eigenvalue weighted by molar-refractivity contribution is 0.0682. The maximum Gasteiger partial charge on any atom is 0.339 e. The predicted octanol–water partition coefficient (Wildman–Crippen LogP) is 1.60. The second kappa shape index (κ2) is 6.69. The first kappa shape index (κ1) is 18.1. The van der Waals surface area contributed by atoms with Crippen LogP contribution in [-0.4, -0.2) is 42.8 Å². The molecule has 0 fully saturated rings. The molecule has 0 saturated heterocycles. The third-order valence-corrected chi connectivity index (χ3v) is 4.57. The van der Waals surface area contributed by atoms with Crippen molar-refractivity contribution >= 4 is 27.6 Å². The van der Waals surface area contributed by atoms with E-state index in [-0.39, 0.29) is 27.5 Å². The molecule has 4 N–H and O–H groups in total. The number of sulfonamides is 1. The van der Waals surface area contributed by atoms with E-state index in [1.165, 1.54) is 13.2 Å². The Kier molecular flexibility index (Phi) is 4.84. The first-order chi connectivity index (χ1) is 11.7. The van der Waals surface area contributed by atoms with Crippen molar-refractivity contribution in [3.8, 4) is 11.5 Å². The van der Waals surface area contributed by atoms with Crippen molar-refractivity contribution in [1.29, 1.82) is 0 Å². The number of phenols is 1. The Morgan fingerprint density at radius 2 is 1.64 bits per heavy atom. The van der Waals surface area contributed by atoms with E-state index in [0.717, 1.165) is 30.3 Å². The molecule has 2 aromatic rings. The summed E-state index contributed by atoms with van der Waals surface area (Å²) in [4.78, 5) is 21.7. The van der Waals surface area contributed by atoms with Gasteiger partial charge in [-0.05, 0) is 30.3 Å². The largest absolute Gasteiger partial charge is 0.507 e. The average Bonchev–Trinajstić information content (AvgIpc) is 2.53. The Morgan fingerprint density at radius 3 is 2.16 bits per heavy atom. The van der Waals surface area contributed by atoms with E-state index in [1.54, 1.807) is 0 Å². The highest BCUT2D eigenvalue weighted by Gasteiger charge is 2.20. The number of aromatic carboxylic acids is 2. The number of methoxy groups -OCH3 is 1. The van der Waals surface area contributed by atoms with Crippen LogP contribution in [0.25, 0.3) is 0 Å². The molecule has 0 spiro atoms. The first-order valence-corrected chi connectivity index (χ1v) is 8.14. The van der Waals surface area contributed by atoms with Crippen LogP contribution in [0.3, 0.4) is 0 Å². The number of anilines is 1. The molecule has 0 saturated carbocycles. The van der Waals surface area contributed by atoms with Gasteiger partial charge in [-0.1, -0.05) is 0 Å². The normalized spacial score (nSPS) is 10.9. The van der Waals surface area contributed by atoms with Gasteiger partial charge in [0.25, 0.3) is 10.0 Å². The molecule has 0 aromatic heterocycles. The number of benzene rings is 2. The second-order valence-electron chi connectivity index (χ2n) is 4.81. The second-order valence-corrected chi connectivity index (χ2v) is 6.49. The molecule has 0 aliphatic carbocycles. The van der Waals surface area contributed by atoms with Crippen LogP contribution in [0.1, 0.15) is 20.7 Å². The molecule has 0 aliphatic heterocycles.